The van der Waals surface area contributed by atoms with Crippen LogP contribution in [0.15, 0.2) is 48.5 Å². The van der Waals surface area contributed by atoms with Gasteiger partial charge in [0.1, 0.15) is 5.82 Å². The molecule has 6 nitrogen and oxygen atoms in total. The van der Waals surface area contributed by atoms with Crippen LogP contribution in [0.3, 0.4) is 0 Å². The van der Waals surface area contributed by atoms with Crippen molar-refractivity contribution in [2.45, 2.75) is 0 Å². The molecule has 0 fully saturated rings. The number of nitrogens with zero attached hydrogens (tertiary/aromatic N) is 2. The summed E-state index contributed by atoms with van der Waals surface area (Å²) >= 11 is 0. The third-order valence-corrected chi connectivity index (χ3v) is 3.07. The fourth-order valence-corrected chi connectivity index (χ4v) is 1.97. The quantitative estimate of drug-likeness (QED) is 0.644. The van der Waals surface area contributed by atoms with Crippen LogP contribution in [0.1, 0.15) is 10.5 Å². The van der Waals surface area contributed by atoms with Crippen LogP contribution in [0.2, 0.25) is 0 Å². The van der Waals surface area contributed by atoms with Gasteiger partial charge in [0.15, 0.2) is 5.69 Å². The van der Waals surface area contributed by atoms with E-state index < -0.39 is 11.7 Å². The summed E-state index contributed by atoms with van der Waals surface area (Å²) in [7, 11) is 0. The molecule has 0 radical (unpaired) electrons. The number of hydrogen-bond acceptors (Lipinski definition) is 5. The Balaban J connectivity index is 1.86. The van der Waals surface area contributed by atoms with E-state index in [9.17, 15) is 9.18 Å². The highest BCUT2D eigenvalue weighted by atomic mass is 19.1. The summed E-state index contributed by atoms with van der Waals surface area (Å²) in [4.78, 5) is 12.1. The van der Waals surface area contributed by atoms with Gasteiger partial charge < -0.3 is 5.73 Å². The molecule has 1 heterocycles. The van der Waals surface area contributed by atoms with Crippen molar-refractivity contribution < 1.29 is 9.18 Å². The molecule has 1 aromatic heterocycles. The molecule has 7 heteroatoms. The lowest BCUT2D eigenvalue weighted by molar-refractivity contribution is 0.0958. The van der Waals surface area contributed by atoms with E-state index in [1.165, 1.54) is 18.2 Å². The number of para-hydroxylation sites is 1. The smallest absolute Gasteiger partial charge is 0.292 e. The molecular formula is C15H12FN5O. The van der Waals surface area contributed by atoms with Crippen molar-refractivity contribution in [1.82, 2.24) is 15.6 Å². The van der Waals surface area contributed by atoms with E-state index in [0.717, 1.165) is 0 Å². The van der Waals surface area contributed by atoms with Crippen LogP contribution in [0.4, 0.5) is 15.8 Å². The summed E-state index contributed by atoms with van der Waals surface area (Å²) in [6.45, 7) is 0. The van der Waals surface area contributed by atoms with Crippen LogP contribution in [0.25, 0.3) is 10.9 Å². The number of fused-ring (bicyclic) bond motifs is 1. The largest absolute Gasteiger partial charge is 0.396 e. The number of rotatable bonds is 3. The SMILES string of the molecule is Nc1c(C(=O)NNc2ccccc2)nnc2ccc(F)cc12. The molecule has 0 aliphatic heterocycles. The van der Waals surface area contributed by atoms with Gasteiger partial charge >= 0.3 is 0 Å². The number of amides is 1. The maximum Gasteiger partial charge on any atom is 0.292 e. The van der Waals surface area contributed by atoms with Gasteiger partial charge in [-0.05, 0) is 30.3 Å². The van der Waals surface area contributed by atoms with Crippen molar-refractivity contribution in [3.63, 3.8) is 0 Å². The topological polar surface area (TPSA) is 92.9 Å². The minimum Gasteiger partial charge on any atom is -0.396 e. The maximum atomic E-state index is 13.3. The van der Waals surface area contributed by atoms with Crippen LogP contribution in [-0.4, -0.2) is 16.1 Å². The Hall–Kier alpha value is -3.22. The second-order valence-corrected chi connectivity index (χ2v) is 4.57. The molecule has 0 unspecified atom stereocenters. The normalized spacial score (nSPS) is 10.4. The number of nitrogen functional groups attached to an aromatic ring is 1. The summed E-state index contributed by atoms with van der Waals surface area (Å²) in [5, 5.41) is 8.02. The minimum absolute atomic E-state index is 0.0680. The van der Waals surface area contributed by atoms with Crippen LogP contribution < -0.4 is 16.6 Å². The molecular weight excluding hydrogens is 285 g/mol. The summed E-state index contributed by atoms with van der Waals surface area (Å²) < 4.78 is 13.3. The Morgan fingerprint density at radius 3 is 2.64 bits per heavy atom. The fraction of sp³-hybridized carbons (Fsp3) is 0. The lowest BCUT2D eigenvalue weighted by Gasteiger charge is -2.10. The molecule has 1 amide bonds. The standard InChI is InChI=1S/C15H12FN5O/c16-9-6-7-12-11(8-9)13(17)14(20-19-12)15(22)21-18-10-4-2-1-3-5-10/h1-8,18H,(H2,17,19)(H,21,22). The number of hydrazine groups is 1. The number of hydrogen-bond donors (Lipinski definition) is 3. The Morgan fingerprint density at radius 1 is 1.09 bits per heavy atom. The molecule has 3 aromatic rings. The maximum absolute atomic E-state index is 13.3. The minimum atomic E-state index is -0.556. The monoisotopic (exact) mass is 297 g/mol. The van der Waals surface area contributed by atoms with Crippen LogP contribution >= 0.6 is 0 Å². The summed E-state index contributed by atoms with van der Waals surface area (Å²) in [6.07, 6.45) is 0. The molecule has 0 saturated heterocycles. The number of aromatic nitrogens is 2. The third-order valence-electron chi connectivity index (χ3n) is 3.07. The number of nitrogens with one attached hydrogen (secondary N) is 2. The first-order chi connectivity index (χ1) is 10.6. The molecule has 0 aliphatic carbocycles. The zero-order chi connectivity index (χ0) is 15.5. The van der Waals surface area contributed by atoms with Crippen molar-refractivity contribution in [2.24, 2.45) is 0 Å². The van der Waals surface area contributed by atoms with E-state index in [0.29, 0.717) is 16.6 Å². The van der Waals surface area contributed by atoms with Gasteiger partial charge in [-0.1, -0.05) is 18.2 Å². The van der Waals surface area contributed by atoms with E-state index in [2.05, 4.69) is 21.0 Å². The van der Waals surface area contributed by atoms with Crippen molar-refractivity contribution in [3.8, 4) is 0 Å². The molecule has 3 rings (SSSR count). The van der Waals surface area contributed by atoms with Gasteiger partial charge in [-0.2, -0.15) is 0 Å². The van der Waals surface area contributed by atoms with Crippen molar-refractivity contribution in [1.29, 1.82) is 0 Å². The zero-order valence-electron chi connectivity index (χ0n) is 11.4. The van der Waals surface area contributed by atoms with Gasteiger partial charge in [-0.15, -0.1) is 10.2 Å². The first-order valence-electron chi connectivity index (χ1n) is 6.48. The highest BCUT2D eigenvalue weighted by molar-refractivity contribution is 6.04. The average Bonchev–Trinajstić information content (AvgIpc) is 2.54. The van der Waals surface area contributed by atoms with Crippen LogP contribution in [0, 0.1) is 5.82 Å². The number of nitrogens with two attached hydrogens (primary N) is 1. The fourth-order valence-electron chi connectivity index (χ4n) is 1.97. The van der Waals surface area contributed by atoms with Gasteiger partial charge in [-0.25, -0.2) is 4.39 Å². The third kappa shape index (κ3) is 2.64. The predicted octanol–water partition coefficient (Wildman–Crippen LogP) is 2.11. The molecule has 110 valence electrons. The van der Waals surface area contributed by atoms with E-state index >= 15 is 0 Å². The Morgan fingerprint density at radius 2 is 1.86 bits per heavy atom. The zero-order valence-corrected chi connectivity index (χ0v) is 11.4. The molecule has 4 N–H and O–H groups in total. The van der Waals surface area contributed by atoms with Crippen molar-refractivity contribution >= 4 is 28.2 Å². The number of benzene rings is 2. The Bertz CT molecular complexity index is 838. The number of carbonyl (C=O) groups is 1. The van der Waals surface area contributed by atoms with E-state index in [-0.39, 0.29) is 11.4 Å². The van der Waals surface area contributed by atoms with E-state index in [4.69, 9.17) is 5.73 Å². The first kappa shape index (κ1) is 13.7. The number of halogens is 1. The van der Waals surface area contributed by atoms with Gasteiger partial charge in [0.05, 0.1) is 16.9 Å². The second kappa shape index (κ2) is 5.65. The molecule has 0 spiro atoms. The van der Waals surface area contributed by atoms with E-state index in [1.54, 1.807) is 12.1 Å². The van der Waals surface area contributed by atoms with Gasteiger partial charge in [0.2, 0.25) is 0 Å². The summed E-state index contributed by atoms with van der Waals surface area (Å²) in [5.74, 6) is -1.01. The van der Waals surface area contributed by atoms with Crippen molar-refractivity contribution in [3.05, 3.63) is 60.0 Å². The summed E-state index contributed by atoms with van der Waals surface area (Å²) in [5.41, 5.74) is 12.2. The molecule has 22 heavy (non-hydrogen) atoms. The summed E-state index contributed by atoms with van der Waals surface area (Å²) in [6, 6.07) is 13.0. The number of anilines is 2. The molecule has 0 bridgehead atoms. The van der Waals surface area contributed by atoms with Crippen molar-refractivity contribution in [2.75, 3.05) is 11.2 Å². The number of carbonyl (C=O) groups excluding carboxylic acids is 1. The highest BCUT2D eigenvalue weighted by Crippen LogP contribution is 2.22. The molecule has 0 aliphatic rings. The van der Waals surface area contributed by atoms with Gasteiger partial charge in [-0.3, -0.25) is 15.6 Å². The molecule has 0 atom stereocenters. The van der Waals surface area contributed by atoms with Gasteiger partial charge in [0, 0.05) is 5.39 Å². The Kier molecular flexibility index (Phi) is 3.53. The predicted molar refractivity (Wildman–Crippen MR) is 81.4 cm³/mol. The lowest BCUT2D eigenvalue weighted by atomic mass is 10.1. The second-order valence-electron chi connectivity index (χ2n) is 4.57. The van der Waals surface area contributed by atoms with Crippen LogP contribution in [-0.2, 0) is 0 Å². The molecule has 2 aromatic carbocycles. The average molecular weight is 297 g/mol. The molecule has 0 saturated carbocycles. The Labute approximate surface area is 125 Å². The van der Waals surface area contributed by atoms with Crippen LogP contribution in [0.5, 0.6) is 0 Å². The lowest BCUT2D eigenvalue weighted by Crippen LogP contribution is -2.31. The van der Waals surface area contributed by atoms with E-state index in [1.807, 2.05) is 18.2 Å². The first-order valence-corrected chi connectivity index (χ1v) is 6.48. The van der Waals surface area contributed by atoms with Gasteiger partial charge in [0.25, 0.3) is 5.91 Å². The highest BCUT2D eigenvalue weighted by Gasteiger charge is 2.15.